The van der Waals surface area contributed by atoms with Crippen LogP contribution in [-0.4, -0.2) is 16.4 Å². The Morgan fingerprint density at radius 1 is 1.25 bits per heavy atom. The molecule has 3 rings (SSSR count). The topological polar surface area (TPSA) is 55.1 Å². The molecule has 1 amide bonds. The van der Waals surface area contributed by atoms with Gasteiger partial charge < -0.3 is 11.1 Å². The first-order valence-electron chi connectivity index (χ1n) is 7.35. The van der Waals surface area contributed by atoms with Gasteiger partial charge in [-0.2, -0.15) is 0 Å². The fraction of sp³-hybridized carbons (Fsp3) is 0.600. The van der Waals surface area contributed by atoms with Crippen LogP contribution in [0.15, 0.2) is 6.07 Å². The van der Waals surface area contributed by atoms with Crippen molar-refractivity contribution in [2.24, 2.45) is 5.73 Å². The standard InChI is InChI=1S/C15H20N2OS2/c16-14(19)15(7-2-1-3-8-15)17-13(18)12-9-10-5-4-6-11(10)20-12/h9H,1-8H2,(H2,16,19)(H,17,18). The Kier molecular flexibility index (Phi) is 3.82. The molecule has 2 aliphatic carbocycles. The fourth-order valence-electron chi connectivity index (χ4n) is 3.31. The lowest BCUT2D eigenvalue weighted by Gasteiger charge is -2.37. The number of hydrogen-bond acceptors (Lipinski definition) is 3. The number of thiocarbonyl (C=S) groups is 1. The summed E-state index contributed by atoms with van der Waals surface area (Å²) < 4.78 is 0. The summed E-state index contributed by atoms with van der Waals surface area (Å²) in [6.45, 7) is 0. The second-order valence-corrected chi connectivity index (χ2v) is 7.45. The van der Waals surface area contributed by atoms with Gasteiger partial charge in [0.1, 0.15) is 0 Å². The number of fused-ring (bicyclic) bond motifs is 1. The van der Waals surface area contributed by atoms with Crippen molar-refractivity contribution in [2.45, 2.75) is 56.9 Å². The Morgan fingerprint density at radius 2 is 2.00 bits per heavy atom. The lowest BCUT2D eigenvalue weighted by molar-refractivity contribution is 0.0912. The van der Waals surface area contributed by atoms with Crippen LogP contribution >= 0.6 is 23.6 Å². The van der Waals surface area contributed by atoms with Crippen LogP contribution in [0.25, 0.3) is 0 Å². The van der Waals surface area contributed by atoms with Crippen molar-refractivity contribution in [2.75, 3.05) is 0 Å². The molecule has 5 heteroatoms. The molecule has 0 aromatic carbocycles. The van der Waals surface area contributed by atoms with Gasteiger partial charge in [-0.15, -0.1) is 11.3 Å². The SMILES string of the molecule is NC(=S)C1(NC(=O)c2cc3c(s2)CCC3)CCCCC1. The van der Waals surface area contributed by atoms with E-state index in [1.54, 1.807) is 11.3 Å². The maximum absolute atomic E-state index is 12.5. The molecule has 108 valence electrons. The number of hydrogen-bond donors (Lipinski definition) is 2. The van der Waals surface area contributed by atoms with Crippen molar-refractivity contribution < 1.29 is 4.79 Å². The van der Waals surface area contributed by atoms with Crippen molar-refractivity contribution in [1.82, 2.24) is 5.32 Å². The van der Waals surface area contributed by atoms with E-state index in [0.717, 1.165) is 43.4 Å². The number of nitrogens with two attached hydrogens (primary N) is 1. The van der Waals surface area contributed by atoms with Crippen molar-refractivity contribution in [3.8, 4) is 0 Å². The largest absolute Gasteiger partial charge is 0.391 e. The average molecular weight is 308 g/mol. The van der Waals surface area contributed by atoms with Crippen LogP contribution in [0.2, 0.25) is 0 Å². The number of carbonyl (C=O) groups is 1. The summed E-state index contributed by atoms with van der Waals surface area (Å²) in [6.07, 6.45) is 8.57. The molecule has 0 bridgehead atoms. The second-order valence-electron chi connectivity index (χ2n) is 5.87. The summed E-state index contributed by atoms with van der Waals surface area (Å²) in [7, 11) is 0. The zero-order valence-electron chi connectivity index (χ0n) is 11.5. The average Bonchev–Trinajstić information content (AvgIpc) is 3.00. The molecule has 1 saturated carbocycles. The van der Waals surface area contributed by atoms with Crippen LogP contribution in [0, 0.1) is 0 Å². The molecule has 0 atom stereocenters. The first-order chi connectivity index (χ1) is 9.61. The van der Waals surface area contributed by atoms with Crippen LogP contribution < -0.4 is 11.1 Å². The molecule has 1 fully saturated rings. The Hall–Kier alpha value is -0.940. The zero-order valence-corrected chi connectivity index (χ0v) is 13.2. The molecule has 0 radical (unpaired) electrons. The quantitative estimate of drug-likeness (QED) is 0.844. The smallest absolute Gasteiger partial charge is 0.262 e. The number of rotatable bonds is 3. The normalized spacial score (nSPS) is 20.4. The van der Waals surface area contributed by atoms with Crippen LogP contribution in [0.1, 0.15) is 58.6 Å². The van der Waals surface area contributed by atoms with Crippen LogP contribution in [0.4, 0.5) is 0 Å². The number of amides is 1. The predicted octanol–water partition coefficient (Wildman–Crippen LogP) is 2.96. The Balaban J connectivity index is 1.77. The highest BCUT2D eigenvalue weighted by Gasteiger charge is 2.37. The highest BCUT2D eigenvalue weighted by Crippen LogP contribution is 2.32. The van der Waals surface area contributed by atoms with E-state index in [-0.39, 0.29) is 5.91 Å². The fourth-order valence-corrected chi connectivity index (χ4v) is 4.71. The van der Waals surface area contributed by atoms with Crippen molar-refractivity contribution >= 4 is 34.5 Å². The summed E-state index contributed by atoms with van der Waals surface area (Å²) in [5, 5.41) is 3.14. The van der Waals surface area contributed by atoms with Crippen LogP contribution in [0.5, 0.6) is 0 Å². The molecule has 3 nitrogen and oxygen atoms in total. The maximum atomic E-state index is 12.5. The highest BCUT2D eigenvalue weighted by atomic mass is 32.1. The third kappa shape index (κ3) is 2.49. The molecule has 1 aromatic heterocycles. The minimum Gasteiger partial charge on any atom is -0.391 e. The van der Waals surface area contributed by atoms with E-state index in [2.05, 4.69) is 11.4 Å². The molecule has 1 heterocycles. The van der Waals surface area contributed by atoms with Crippen molar-refractivity contribution in [1.29, 1.82) is 0 Å². The van der Waals surface area contributed by atoms with Gasteiger partial charge in [-0.05, 0) is 43.7 Å². The summed E-state index contributed by atoms with van der Waals surface area (Å²) in [6, 6.07) is 2.05. The second kappa shape index (κ2) is 5.45. The van der Waals surface area contributed by atoms with Gasteiger partial charge in [0, 0.05) is 4.88 Å². The summed E-state index contributed by atoms with van der Waals surface area (Å²) in [5.41, 5.74) is 6.82. The van der Waals surface area contributed by atoms with Crippen LogP contribution in [0.3, 0.4) is 0 Å². The molecular weight excluding hydrogens is 288 g/mol. The Bertz CT molecular complexity index is 523. The Morgan fingerprint density at radius 3 is 2.65 bits per heavy atom. The summed E-state index contributed by atoms with van der Waals surface area (Å²) in [5.74, 6) is -0.000833. The lowest BCUT2D eigenvalue weighted by atomic mass is 9.81. The molecular formula is C15H20N2OS2. The van der Waals surface area contributed by atoms with E-state index in [1.165, 1.54) is 23.3 Å². The van der Waals surface area contributed by atoms with Gasteiger partial charge in [-0.3, -0.25) is 4.79 Å². The predicted molar refractivity (Wildman–Crippen MR) is 86.4 cm³/mol. The van der Waals surface area contributed by atoms with E-state index < -0.39 is 5.54 Å². The van der Waals surface area contributed by atoms with E-state index in [1.807, 2.05) is 0 Å². The lowest BCUT2D eigenvalue weighted by Crippen LogP contribution is -2.57. The van der Waals surface area contributed by atoms with E-state index in [4.69, 9.17) is 18.0 Å². The van der Waals surface area contributed by atoms with Crippen molar-refractivity contribution in [3.63, 3.8) is 0 Å². The van der Waals surface area contributed by atoms with Gasteiger partial charge >= 0.3 is 0 Å². The van der Waals surface area contributed by atoms with Gasteiger partial charge in [-0.25, -0.2) is 0 Å². The molecule has 20 heavy (non-hydrogen) atoms. The van der Waals surface area contributed by atoms with E-state index in [9.17, 15) is 4.79 Å². The highest BCUT2D eigenvalue weighted by molar-refractivity contribution is 7.80. The molecule has 1 aromatic rings. The van der Waals surface area contributed by atoms with E-state index in [0.29, 0.717) is 4.99 Å². The van der Waals surface area contributed by atoms with E-state index >= 15 is 0 Å². The zero-order chi connectivity index (χ0) is 14.2. The van der Waals surface area contributed by atoms with Gasteiger partial charge in [0.05, 0.1) is 15.4 Å². The first-order valence-corrected chi connectivity index (χ1v) is 8.57. The number of aryl methyl sites for hydroxylation is 2. The van der Waals surface area contributed by atoms with Gasteiger partial charge in [0.25, 0.3) is 5.91 Å². The third-order valence-corrected chi connectivity index (χ3v) is 6.13. The molecule has 2 aliphatic rings. The molecule has 0 unspecified atom stereocenters. The van der Waals surface area contributed by atoms with Gasteiger partial charge in [-0.1, -0.05) is 31.5 Å². The minimum absolute atomic E-state index is 0.000833. The summed E-state index contributed by atoms with van der Waals surface area (Å²) >= 11 is 6.86. The summed E-state index contributed by atoms with van der Waals surface area (Å²) in [4.78, 5) is 15.1. The maximum Gasteiger partial charge on any atom is 0.262 e. The van der Waals surface area contributed by atoms with Gasteiger partial charge in [0.15, 0.2) is 0 Å². The monoisotopic (exact) mass is 308 g/mol. The van der Waals surface area contributed by atoms with Gasteiger partial charge in [0.2, 0.25) is 0 Å². The molecule has 3 N–H and O–H groups in total. The Labute approximate surface area is 128 Å². The number of nitrogens with one attached hydrogen (secondary N) is 1. The van der Waals surface area contributed by atoms with Crippen molar-refractivity contribution in [3.05, 3.63) is 21.4 Å². The molecule has 0 saturated heterocycles. The minimum atomic E-state index is -0.459. The first kappa shape index (κ1) is 14.0. The van der Waals surface area contributed by atoms with Crippen LogP contribution in [-0.2, 0) is 12.8 Å². The molecule has 0 aliphatic heterocycles. The third-order valence-electron chi connectivity index (χ3n) is 4.50. The number of carbonyl (C=O) groups excluding carboxylic acids is 1. The molecule has 0 spiro atoms. The number of thiophene rings is 1.